The third-order valence-electron chi connectivity index (χ3n) is 3.71. The minimum absolute atomic E-state index is 0.513. The number of rotatable bonds is 2. The van der Waals surface area contributed by atoms with Crippen molar-refractivity contribution in [3.63, 3.8) is 0 Å². The SMILES string of the molecule is N#Cc1ccc(-c2ccccc2)n2nc(-c3ccccc3)nc12. The lowest BCUT2D eigenvalue weighted by Gasteiger charge is -2.04. The Hall–Kier alpha value is -3.45. The zero-order valence-electron chi connectivity index (χ0n) is 12.2. The second-order valence-electron chi connectivity index (χ2n) is 5.15. The monoisotopic (exact) mass is 296 g/mol. The molecule has 0 spiro atoms. The van der Waals surface area contributed by atoms with Crippen molar-refractivity contribution in [3.05, 3.63) is 78.4 Å². The number of benzene rings is 2. The number of pyridine rings is 1. The van der Waals surface area contributed by atoms with Gasteiger partial charge >= 0.3 is 0 Å². The predicted molar refractivity (Wildman–Crippen MR) is 88.6 cm³/mol. The summed E-state index contributed by atoms with van der Waals surface area (Å²) in [4.78, 5) is 4.57. The van der Waals surface area contributed by atoms with E-state index in [1.165, 1.54) is 0 Å². The quantitative estimate of drug-likeness (QED) is 0.563. The average Bonchev–Trinajstić information content (AvgIpc) is 3.08. The Morgan fingerprint density at radius 3 is 2.09 bits per heavy atom. The maximum atomic E-state index is 9.35. The summed E-state index contributed by atoms with van der Waals surface area (Å²) < 4.78 is 1.75. The first-order chi connectivity index (χ1) is 11.4. The smallest absolute Gasteiger partial charge is 0.182 e. The minimum atomic E-state index is 0.513. The van der Waals surface area contributed by atoms with Crippen LogP contribution in [0.5, 0.6) is 0 Å². The van der Waals surface area contributed by atoms with E-state index in [1.807, 2.05) is 66.7 Å². The summed E-state index contributed by atoms with van der Waals surface area (Å²) in [5, 5.41) is 14.0. The Morgan fingerprint density at radius 2 is 1.43 bits per heavy atom. The van der Waals surface area contributed by atoms with E-state index in [0.29, 0.717) is 17.0 Å². The molecule has 0 amide bonds. The van der Waals surface area contributed by atoms with Gasteiger partial charge < -0.3 is 0 Å². The van der Waals surface area contributed by atoms with Gasteiger partial charge in [0.25, 0.3) is 0 Å². The van der Waals surface area contributed by atoms with E-state index < -0.39 is 0 Å². The largest absolute Gasteiger partial charge is 0.211 e. The van der Waals surface area contributed by atoms with Gasteiger partial charge in [-0.25, -0.2) is 9.50 Å². The van der Waals surface area contributed by atoms with Gasteiger partial charge in [0.15, 0.2) is 11.5 Å². The summed E-state index contributed by atoms with van der Waals surface area (Å²) in [6.07, 6.45) is 0. The molecule has 4 aromatic rings. The number of hydrogen-bond donors (Lipinski definition) is 0. The first kappa shape index (κ1) is 13.2. The molecule has 0 aliphatic heterocycles. The Morgan fingerprint density at radius 1 is 0.783 bits per heavy atom. The summed E-state index contributed by atoms with van der Waals surface area (Å²) in [6, 6.07) is 25.6. The lowest BCUT2D eigenvalue weighted by molar-refractivity contribution is 0.972. The summed E-state index contributed by atoms with van der Waals surface area (Å²) in [6.45, 7) is 0. The van der Waals surface area contributed by atoms with Crippen LogP contribution in [0.1, 0.15) is 5.56 Å². The summed E-state index contributed by atoms with van der Waals surface area (Å²) >= 11 is 0. The van der Waals surface area contributed by atoms with Gasteiger partial charge in [0, 0.05) is 11.1 Å². The zero-order valence-corrected chi connectivity index (χ0v) is 12.2. The van der Waals surface area contributed by atoms with E-state index in [4.69, 9.17) is 0 Å². The van der Waals surface area contributed by atoms with Crippen molar-refractivity contribution < 1.29 is 0 Å². The second kappa shape index (κ2) is 5.39. The molecular formula is C19H12N4. The van der Waals surface area contributed by atoms with Crippen LogP contribution in [-0.2, 0) is 0 Å². The van der Waals surface area contributed by atoms with E-state index in [2.05, 4.69) is 16.2 Å². The molecule has 108 valence electrons. The fraction of sp³-hybridized carbons (Fsp3) is 0. The van der Waals surface area contributed by atoms with Crippen molar-refractivity contribution in [1.29, 1.82) is 5.26 Å². The molecule has 0 N–H and O–H groups in total. The molecule has 0 bridgehead atoms. The summed E-state index contributed by atoms with van der Waals surface area (Å²) in [5.74, 6) is 0.616. The molecule has 2 aromatic carbocycles. The molecule has 0 aliphatic carbocycles. The van der Waals surface area contributed by atoms with Gasteiger partial charge in [-0.15, -0.1) is 5.10 Å². The molecule has 0 fully saturated rings. The standard InChI is InChI=1S/C19H12N4/c20-13-16-11-12-17(14-7-3-1-4-8-14)23-19(16)21-18(22-23)15-9-5-2-6-10-15/h1-12H. The van der Waals surface area contributed by atoms with Crippen LogP contribution in [0.4, 0.5) is 0 Å². The van der Waals surface area contributed by atoms with Gasteiger partial charge in [-0.3, -0.25) is 0 Å². The van der Waals surface area contributed by atoms with Gasteiger partial charge in [0.1, 0.15) is 6.07 Å². The average molecular weight is 296 g/mol. The number of nitrogens with zero attached hydrogens (tertiary/aromatic N) is 4. The van der Waals surface area contributed by atoms with Crippen LogP contribution in [-0.4, -0.2) is 14.6 Å². The van der Waals surface area contributed by atoms with Crippen molar-refractivity contribution in [2.75, 3.05) is 0 Å². The van der Waals surface area contributed by atoms with Gasteiger partial charge in [-0.05, 0) is 12.1 Å². The molecule has 4 heteroatoms. The molecule has 4 nitrogen and oxygen atoms in total. The Labute approximate surface area is 133 Å². The van der Waals surface area contributed by atoms with E-state index in [-0.39, 0.29) is 0 Å². The van der Waals surface area contributed by atoms with Crippen molar-refractivity contribution in [2.24, 2.45) is 0 Å². The molecule has 2 aromatic heterocycles. The van der Waals surface area contributed by atoms with Crippen molar-refractivity contribution in [2.45, 2.75) is 0 Å². The molecule has 23 heavy (non-hydrogen) atoms. The molecule has 0 atom stereocenters. The Balaban J connectivity index is 2.00. The molecule has 4 rings (SSSR count). The minimum Gasteiger partial charge on any atom is -0.211 e. The fourth-order valence-electron chi connectivity index (χ4n) is 2.59. The van der Waals surface area contributed by atoms with E-state index >= 15 is 0 Å². The highest BCUT2D eigenvalue weighted by Crippen LogP contribution is 2.24. The van der Waals surface area contributed by atoms with Gasteiger partial charge in [-0.1, -0.05) is 60.7 Å². The predicted octanol–water partition coefficient (Wildman–Crippen LogP) is 3.93. The summed E-state index contributed by atoms with van der Waals surface area (Å²) in [7, 11) is 0. The first-order valence-corrected chi connectivity index (χ1v) is 7.27. The number of nitriles is 1. The number of aromatic nitrogens is 3. The molecule has 0 saturated heterocycles. The molecule has 0 radical (unpaired) electrons. The third kappa shape index (κ3) is 2.25. The van der Waals surface area contributed by atoms with Crippen molar-refractivity contribution >= 4 is 5.65 Å². The highest BCUT2D eigenvalue weighted by atomic mass is 15.3. The van der Waals surface area contributed by atoms with E-state index in [1.54, 1.807) is 10.6 Å². The van der Waals surface area contributed by atoms with Crippen LogP contribution in [0.2, 0.25) is 0 Å². The van der Waals surface area contributed by atoms with E-state index in [0.717, 1.165) is 16.8 Å². The lowest BCUT2D eigenvalue weighted by Crippen LogP contribution is -1.96. The highest BCUT2D eigenvalue weighted by molar-refractivity contribution is 5.69. The van der Waals surface area contributed by atoms with Crippen molar-refractivity contribution in [3.8, 4) is 28.7 Å². The highest BCUT2D eigenvalue weighted by Gasteiger charge is 2.13. The van der Waals surface area contributed by atoms with Crippen LogP contribution in [0.15, 0.2) is 72.8 Å². The maximum Gasteiger partial charge on any atom is 0.182 e. The Bertz CT molecular complexity index is 1010. The van der Waals surface area contributed by atoms with Gasteiger partial charge in [0.2, 0.25) is 0 Å². The molecule has 0 saturated carbocycles. The molecule has 0 unspecified atom stereocenters. The Kier molecular flexibility index (Phi) is 3.10. The normalized spacial score (nSPS) is 10.6. The van der Waals surface area contributed by atoms with Crippen LogP contribution in [0.3, 0.4) is 0 Å². The van der Waals surface area contributed by atoms with Crippen LogP contribution in [0.25, 0.3) is 28.3 Å². The van der Waals surface area contributed by atoms with Crippen molar-refractivity contribution in [1.82, 2.24) is 14.6 Å². The fourth-order valence-corrected chi connectivity index (χ4v) is 2.59. The van der Waals surface area contributed by atoms with Crippen LogP contribution < -0.4 is 0 Å². The molecule has 2 heterocycles. The maximum absolute atomic E-state index is 9.35. The number of fused-ring (bicyclic) bond motifs is 1. The van der Waals surface area contributed by atoms with Gasteiger partial charge in [-0.2, -0.15) is 5.26 Å². The lowest BCUT2D eigenvalue weighted by atomic mass is 10.1. The first-order valence-electron chi connectivity index (χ1n) is 7.27. The topological polar surface area (TPSA) is 54.0 Å². The second-order valence-corrected chi connectivity index (χ2v) is 5.15. The molecule has 0 aliphatic rings. The van der Waals surface area contributed by atoms with Crippen LogP contribution in [0, 0.1) is 11.3 Å². The van der Waals surface area contributed by atoms with Crippen LogP contribution >= 0.6 is 0 Å². The summed E-state index contributed by atoms with van der Waals surface area (Å²) in [5.41, 5.74) is 3.96. The van der Waals surface area contributed by atoms with E-state index in [9.17, 15) is 5.26 Å². The van der Waals surface area contributed by atoms with Gasteiger partial charge in [0.05, 0.1) is 11.3 Å². The number of hydrogen-bond acceptors (Lipinski definition) is 3. The third-order valence-corrected chi connectivity index (χ3v) is 3.71. The molecular weight excluding hydrogens is 284 g/mol. The zero-order chi connectivity index (χ0) is 15.6.